The molecule has 1 atom stereocenters. The van der Waals surface area contributed by atoms with Crippen LogP contribution in [0.5, 0.6) is 6.01 Å². The Labute approximate surface area is 298 Å². The summed E-state index contributed by atoms with van der Waals surface area (Å²) in [5.41, 5.74) is 4.94. The van der Waals surface area contributed by atoms with Crippen molar-refractivity contribution in [1.29, 1.82) is 0 Å². The van der Waals surface area contributed by atoms with Gasteiger partial charge in [0.15, 0.2) is 5.84 Å². The number of aromatic nitrogens is 2. The lowest BCUT2D eigenvalue weighted by atomic mass is 9.97. The van der Waals surface area contributed by atoms with Gasteiger partial charge in [-0.2, -0.15) is 10.1 Å². The maximum Gasteiger partial charge on any atom is 0.511 e. The van der Waals surface area contributed by atoms with Crippen LogP contribution in [0.25, 0.3) is 22.2 Å². The van der Waals surface area contributed by atoms with E-state index in [0.717, 1.165) is 54.4 Å². The number of imidazole rings is 1. The smallest absolute Gasteiger partial charge is 0.465 e. The second-order valence-electron chi connectivity index (χ2n) is 12.1. The van der Waals surface area contributed by atoms with E-state index < -0.39 is 18.4 Å². The number of hydrogen-bond acceptors (Lipinski definition) is 10. The Bertz CT molecular complexity index is 1860. The summed E-state index contributed by atoms with van der Waals surface area (Å²) in [4.78, 5) is 30.5. The number of hydrazine groups is 1. The fraction of sp³-hybridized carbons (Fsp3) is 0.333. The van der Waals surface area contributed by atoms with E-state index in [4.69, 9.17) is 30.6 Å². The fourth-order valence-electron chi connectivity index (χ4n) is 6.15. The highest BCUT2D eigenvalue weighted by Gasteiger charge is 2.25. The number of para-hydroxylation sites is 1. The zero-order chi connectivity index (χ0) is 36.2. The number of nitrogens with zero attached hydrogens (tertiary/aromatic N) is 4. The Morgan fingerprint density at radius 2 is 1.78 bits per heavy atom. The molecule has 0 saturated heterocycles. The molecule has 51 heavy (non-hydrogen) atoms. The summed E-state index contributed by atoms with van der Waals surface area (Å²) in [6.45, 7) is 8.29. The van der Waals surface area contributed by atoms with Gasteiger partial charge in [-0.3, -0.25) is 9.58 Å². The van der Waals surface area contributed by atoms with Crippen LogP contribution >= 0.6 is 0 Å². The van der Waals surface area contributed by atoms with E-state index in [-0.39, 0.29) is 11.7 Å². The van der Waals surface area contributed by atoms with Gasteiger partial charge >= 0.3 is 12.1 Å². The highest BCUT2D eigenvalue weighted by atomic mass is 16.8. The predicted molar refractivity (Wildman–Crippen MR) is 197 cm³/mol. The summed E-state index contributed by atoms with van der Waals surface area (Å²) in [6, 6.07) is 21.4. The third-order valence-corrected chi connectivity index (χ3v) is 8.55. The second-order valence-corrected chi connectivity index (χ2v) is 12.1. The first-order chi connectivity index (χ1) is 24.8. The number of ether oxygens (including phenoxy) is 4. The van der Waals surface area contributed by atoms with Gasteiger partial charge in [0, 0.05) is 19.0 Å². The molecule has 0 amide bonds. The average Bonchev–Trinajstić information content (AvgIpc) is 3.48. The van der Waals surface area contributed by atoms with Crippen molar-refractivity contribution in [3.63, 3.8) is 0 Å². The molecule has 0 bridgehead atoms. The molecular weight excluding hydrogens is 648 g/mol. The molecule has 4 N–H and O–H groups in total. The molecule has 1 aliphatic carbocycles. The number of carbonyl (C=O) groups excluding carboxylic acids is 2. The lowest BCUT2D eigenvalue weighted by Gasteiger charge is -2.22. The first kappa shape index (κ1) is 36.7. The topological polar surface area (TPSA) is 157 Å². The molecule has 1 fully saturated rings. The molecule has 3 aromatic carbocycles. The molecule has 1 aromatic heterocycles. The zero-order valence-electron chi connectivity index (χ0n) is 29.2. The van der Waals surface area contributed by atoms with Gasteiger partial charge < -0.3 is 24.8 Å². The average molecular weight is 695 g/mol. The molecule has 5 rings (SSSR count). The van der Waals surface area contributed by atoms with Gasteiger partial charge in [-0.25, -0.2) is 15.4 Å². The molecule has 268 valence electrons. The molecule has 1 unspecified atom stereocenters. The van der Waals surface area contributed by atoms with Crippen molar-refractivity contribution in [3.05, 3.63) is 108 Å². The number of carbonyl (C=O) groups is 2. The summed E-state index contributed by atoms with van der Waals surface area (Å²) in [5.74, 6) is 12.0. The van der Waals surface area contributed by atoms with E-state index >= 15 is 0 Å². The van der Waals surface area contributed by atoms with Gasteiger partial charge in [-0.1, -0.05) is 85.8 Å². The Morgan fingerprint density at radius 1 is 1.04 bits per heavy atom. The standard InChI is InChI=1S/C39H46N6O6/c1-4-6-7-13-25-45(41)36(43-40)32-18-12-11-17-31(32)29-23-21-28(22-24-29)26-44-35-33(19-14-20-34(35)42-38(44)48-5-2)37(46)49-27(3)50-39(47)51-30-15-9-8-10-16-30/h4,6-7,11-12,14,17-24,27,30H,1,5,8-10,13,15-16,25-26,40-41H2,2-3H3/b7-6-,43-36-. The van der Waals surface area contributed by atoms with E-state index in [0.29, 0.717) is 49.0 Å². The molecule has 0 aliphatic heterocycles. The molecule has 12 heteroatoms. The number of rotatable bonds is 14. The van der Waals surface area contributed by atoms with Crippen LogP contribution in [-0.2, 0) is 20.8 Å². The number of fused-ring (bicyclic) bond motifs is 1. The van der Waals surface area contributed by atoms with Crippen LogP contribution in [0.15, 0.2) is 96.6 Å². The van der Waals surface area contributed by atoms with Crippen LogP contribution in [0.1, 0.15) is 73.9 Å². The highest BCUT2D eigenvalue weighted by molar-refractivity contribution is 6.04. The summed E-state index contributed by atoms with van der Waals surface area (Å²) >= 11 is 0. The van der Waals surface area contributed by atoms with E-state index in [1.54, 1.807) is 29.3 Å². The molecule has 0 spiro atoms. The second kappa shape index (κ2) is 17.9. The SMILES string of the molecule is C=C/C=C\CCN(N)/C(=N\N)c1ccccc1-c1ccc(Cn2c(OCC)nc3cccc(C(=O)OC(C)OC(=O)OC4CCCCC4)c32)cc1. The molecule has 1 saturated carbocycles. The lowest BCUT2D eigenvalue weighted by molar-refractivity contribution is -0.0914. The third kappa shape index (κ3) is 9.34. The van der Waals surface area contributed by atoms with Crippen LogP contribution in [0.3, 0.4) is 0 Å². The minimum Gasteiger partial charge on any atom is -0.465 e. The van der Waals surface area contributed by atoms with Gasteiger partial charge in [0.05, 0.1) is 29.7 Å². The number of benzene rings is 3. The molecule has 4 aromatic rings. The first-order valence-corrected chi connectivity index (χ1v) is 17.3. The van der Waals surface area contributed by atoms with Gasteiger partial charge in [-0.15, -0.1) is 0 Å². The van der Waals surface area contributed by atoms with Gasteiger partial charge in [0.2, 0.25) is 6.29 Å². The number of hydrazone groups is 1. The summed E-state index contributed by atoms with van der Waals surface area (Å²) in [6.07, 6.45) is 8.84. The summed E-state index contributed by atoms with van der Waals surface area (Å²) in [7, 11) is 0. The minimum absolute atomic E-state index is 0.174. The minimum atomic E-state index is -1.16. The van der Waals surface area contributed by atoms with Crippen molar-refractivity contribution in [2.45, 2.75) is 71.3 Å². The zero-order valence-corrected chi connectivity index (χ0v) is 29.2. The summed E-state index contributed by atoms with van der Waals surface area (Å²) < 4.78 is 24.0. The molecular formula is C39H46N6O6. The number of hydrogen-bond donors (Lipinski definition) is 2. The van der Waals surface area contributed by atoms with E-state index in [2.05, 4.69) is 16.7 Å². The molecule has 0 radical (unpaired) electrons. The number of esters is 1. The van der Waals surface area contributed by atoms with E-state index in [9.17, 15) is 9.59 Å². The van der Waals surface area contributed by atoms with E-state index in [1.807, 2.05) is 72.2 Å². The predicted octanol–water partition coefficient (Wildman–Crippen LogP) is 7.07. The van der Waals surface area contributed by atoms with Crippen LogP contribution in [0, 0.1) is 0 Å². The van der Waals surface area contributed by atoms with Crippen molar-refractivity contribution in [2.75, 3.05) is 13.2 Å². The highest BCUT2D eigenvalue weighted by Crippen LogP contribution is 2.29. The molecule has 1 heterocycles. The van der Waals surface area contributed by atoms with Crippen molar-refractivity contribution in [3.8, 4) is 17.1 Å². The third-order valence-electron chi connectivity index (χ3n) is 8.55. The number of allylic oxidation sites excluding steroid dienone is 2. The quantitative estimate of drug-likeness (QED) is 0.0266. The lowest BCUT2D eigenvalue weighted by Crippen LogP contribution is -2.39. The van der Waals surface area contributed by atoms with E-state index in [1.165, 1.54) is 6.92 Å². The normalized spacial score (nSPS) is 14.3. The van der Waals surface area contributed by atoms with Gasteiger partial charge in [0.1, 0.15) is 6.10 Å². The largest absolute Gasteiger partial charge is 0.511 e. The van der Waals surface area contributed by atoms with Crippen LogP contribution in [0.4, 0.5) is 4.79 Å². The number of amidine groups is 1. The van der Waals surface area contributed by atoms with Gasteiger partial charge in [0.25, 0.3) is 6.01 Å². The monoisotopic (exact) mass is 694 g/mol. The van der Waals surface area contributed by atoms with Crippen LogP contribution < -0.4 is 16.4 Å². The molecule has 1 aliphatic rings. The Balaban J connectivity index is 1.35. The number of nitrogens with two attached hydrogens (primary N) is 2. The van der Waals surface area contributed by atoms with Gasteiger partial charge in [-0.05, 0) is 67.9 Å². The van der Waals surface area contributed by atoms with Crippen molar-refractivity contribution in [2.24, 2.45) is 16.8 Å². The molecule has 12 nitrogen and oxygen atoms in total. The van der Waals surface area contributed by atoms with Crippen molar-refractivity contribution in [1.82, 2.24) is 14.6 Å². The summed E-state index contributed by atoms with van der Waals surface area (Å²) in [5, 5.41) is 5.57. The first-order valence-electron chi connectivity index (χ1n) is 17.3. The Morgan fingerprint density at radius 3 is 2.51 bits per heavy atom. The van der Waals surface area contributed by atoms with Crippen molar-refractivity contribution >= 4 is 29.0 Å². The maximum absolute atomic E-state index is 13.5. The Kier molecular flexibility index (Phi) is 12.8. The Hall–Kier alpha value is -5.62. The van der Waals surface area contributed by atoms with Crippen LogP contribution in [-0.4, -0.2) is 58.1 Å². The fourth-order valence-corrected chi connectivity index (χ4v) is 6.15. The van der Waals surface area contributed by atoms with Crippen LogP contribution in [0.2, 0.25) is 0 Å². The maximum atomic E-state index is 13.5. The van der Waals surface area contributed by atoms with Crippen molar-refractivity contribution < 1.29 is 28.5 Å².